The summed E-state index contributed by atoms with van der Waals surface area (Å²) in [5.74, 6) is -0.874. The van der Waals surface area contributed by atoms with Gasteiger partial charge in [-0.1, -0.05) is 39.0 Å². The third-order valence-corrected chi connectivity index (χ3v) is 3.72. The van der Waals surface area contributed by atoms with Crippen LogP contribution >= 0.6 is 0 Å². The van der Waals surface area contributed by atoms with Crippen molar-refractivity contribution in [3.8, 4) is 0 Å². The maximum atomic E-state index is 12.5. The number of nitrogens with one attached hydrogen (secondary N) is 2. The van der Waals surface area contributed by atoms with Crippen LogP contribution in [0.1, 0.15) is 33.3 Å². The molecule has 0 aromatic heterocycles. The minimum atomic E-state index is -0.636. The van der Waals surface area contributed by atoms with Crippen molar-refractivity contribution in [3.05, 3.63) is 29.8 Å². The van der Waals surface area contributed by atoms with Crippen LogP contribution in [-0.4, -0.2) is 42.3 Å². The summed E-state index contributed by atoms with van der Waals surface area (Å²) in [5, 5.41) is 5.48. The predicted molar refractivity (Wildman–Crippen MR) is 94.5 cm³/mol. The molecule has 0 bridgehead atoms. The number of benzene rings is 1. The lowest BCUT2D eigenvalue weighted by Gasteiger charge is -2.26. The van der Waals surface area contributed by atoms with Gasteiger partial charge in [0.05, 0.1) is 6.54 Å². The first-order chi connectivity index (χ1) is 11.3. The van der Waals surface area contributed by atoms with Crippen molar-refractivity contribution < 1.29 is 14.4 Å². The van der Waals surface area contributed by atoms with E-state index >= 15 is 0 Å². The molecule has 0 radical (unpaired) electrons. The van der Waals surface area contributed by atoms with Gasteiger partial charge in [0.15, 0.2) is 0 Å². The first-order valence-corrected chi connectivity index (χ1v) is 8.16. The van der Waals surface area contributed by atoms with Gasteiger partial charge in [-0.3, -0.25) is 14.4 Å². The van der Waals surface area contributed by atoms with Crippen molar-refractivity contribution in [2.45, 2.75) is 40.2 Å². The number of aryl methyl sites for hydroxylation is 1. The Labute approximate surface area is 143 Å². The predicted octanol–water partition coefficient (Wildman–Crippen LogP) is 1.81. The number of amides is 3. The van der Waals surface area contributed by atoms with E-state index in [1.165, 1.54) is 11.8 Å². The van der Waals surface area contributed by atoms with Crippen LogP contribution in [0.15, 0.2) is 24.3 Å². The Balaban J connectivity index is 2.71. The number of nitrogens with zero attached hydrogens (tertiary/aromatic N) is 1. The van der Waals surface area contributed by atoms with Crippen LogP contribution in [0.3, 0.4) is 0 Å². The number of anilines is 1. The number of hydrogen-bond donors (Lipinski definition) is 2. The number of carbonyl (C=O) groups excluding carboxylic acids is 3. The van der Waals surface area contributed by atoms with Crippen LogP contribution in [0.2, 0.25) is 0 Å². The molecular formula is C18H27N3O3. The molecule has 3 amide bonds. The molecular weight excluding hydrogens is 306 g/mol. The van der Waals surface area contributed by atoms with E-state index in [9.17, 15) is 14.4 Å². The van der Waals surface area contributed by atoms with Crippen LogP contribution < -0.4 is 10.6 Å². The SMILES string of the molecule is CCc1ccccc1NC(=O)CN(C)C(=O)C(NC(C)=O)C(C)C. The van der Waals surface area contributed by atoms with Crippen molar-refractivity contribution in [1.82, 2.24) is 10.2 Å². The molecule has 6 nitrogen and oxygen atoms in total. The van der Waals surface area contributed by atoms with Crippen molar-refractivity contribution >= 4 is 23.4 Å². The van der Waals surface area contributed by atoms with Gasteiger partial charge in [-0.05, 0) is 24.0 Å². The van der Waals surface area contributed by atoms with E-state index in [0.717, 1.165) is 17.7 Å². The van der Waals surface area contributed by atoms with E-state index in [4.69, 9.17) is 0 Å². The first-order valence-electron chi connectivity index (χ1n) is 8.16. The molecule has 1 aromatic rings. The molecule has 1 aromatic carbocycles. The maximum Gasteiger partial charge on any atom is 0.245 e. The Kier molecular flexibility index (Phi) is 7.42. The summed E-state index contributed by atoms with van der Waals surface area (Å²) in [7, 11) is 1.56. The van der Waals surface area contributed by atoms with Gasteiger partial charge in [-0.25, -0.2) is 0 Å². The monoisotopic (exact) mass is 333 g/mol. The highest BCUT2D eigenvalue weighted by molar-refractivity contribution is 5.96. The number of rotatable bonds is 7. The zero-order valence-corrected chi connectivity index (χ0v) is 15.1. The lowest BCUT2D eigenvalue weighted by atomic mass is 10.0. The molecule has 0 fully saturated rings. The Hall–Kier alpha value is -2.37. The van der Waals surface area contributed by atoms with Gasteiger partial charge in [-0.15, -0.1) is 0 Å². The lowest BCUT2D eigenvalue weighted by Crippen LogP contribution is -2.51. The number of hydrogen-bond acceptors (Lipinski definition) is 3. The van der Waals surface area contributed by atoms with E-state index in [2.05, 4.69) is 10.6 Å². The largest absolute Gasteiger partial charge is 0.344 e. The molecule has 0 spiro atoms. The Morgan fingerprint density at radius 2 is 1.79 bits per heavy atom. The van der Waals surface area contributed by atoms with Crippen LogP contribution in [0, 0.1) is 5.92 Å². The van der Waals surface area contributed by atoms with E-state index in [-0.39, 0.29) is 30.2 Å². The van der Waals surface area contributed by atoms with Crippen molar-refractivity contribution in [1.29, 1.82) is 0 Å². The fraction of sp³-hybridized carbons (Fsp3) is 0.500. The van der Waals surface area contributed by atoms with E-state index in [1.807, 2.05) is 45.0 Å². The number of para-hydroxylation sites is 1. The van der Waals surface area contributed by atoms with Gasteiger partial charge < -0.3 is 15.5 Å². The minimum Gasteiger partial charge on any atom is -0.344 e. The Morgan fingerprint density at radius 3 is 2.33 bits per heavy atom. The van der Waals surface area contributed by atoms with Crippen LogP contribution in [0.25, 0.3) is 0 Å². The molecule has 0 aliphatic heterocycles. The molecule has 2 N–H and O–H groups in total. The van der Waals surface area contributed by atoms with E-state index in [0.29, 0.717) is 0 Å². The molecule has 1 atom stereocenters. The van der Waals surface area contributed by atoms with Crippen molar-refractivity contribution in [2.75, 3.05) is 18.9 Å². The molecule has 0 saturated carbocycles. The summed E-state index contributed by atoms with van der Waals surface area (Å²) in [6, 6.07) is 6.94. The standard InChI is InChI=1S/C18H27N3O3/c1-6-14-9-7-8-10-15(14)20-16(23)11-21(5)18(24)17(12(2)3)19-13(4)22/h7-10,12,17H,6,11H2,1-5H3,(H,19,22)(H,20,23). The molecule has 132 valence electrons. The van der Waals surface area contributed by atoms with Crippen LogP contribution in [0.4, 0.5) is 5.69 Å². The van der Waals surface area contributed by atoms with Gasteiger partial charge in [0.1, 0.15) is 6.04 Å². The van der Waals surface area contributed by atoms with Crippen molar-refractivity contribution in [3.63, 3.8) is 0 Å². The summed E-state index contributed by atoms with van der Waals surface area (Å²) >= 11 is 0. The molecule has 0 aliphatic rings. The summed E-state index contributed by atoms with van der Waals surface area (Å²) in [4.78, 5) is 37.3. The fourth-order valence-corrected chi connectivity index (χ4v) is 2.40. The zero-order chi connectivity index (χ0) is 18.3. The number of carbonyl (C=O) groups is 3. The minimum absolute atomic E-state index is 0.0623. The highest BCUT2D eigenvalue weighted by Gasteiger charge is 2.27. The second kappa shape index (κ2) is 9.05. The fourth-order valence-electron chi connectivity index (χ4n) is 2.40. The van der Waals surface area contributed by atoms with Crippen LogP contribution in [0.5, 0.6) is 0 Å². The second-order valence-corrected chi connectivity index (χ2v) is 6.18. The van der Waals surface area contributed by atoms with Gasteiger partial charge in [0.25, 0.3) is 0 Å². The zero-order valence-electron chi connectivity index (χ0n) is 15.1. The maximum absolute atomic E-state index is 12.5. The average molecular weight is 333 g/mol. The van der Waals surface area contributed by atoms with Gasteiger partial charge in [0.2, 0.25) is 17.7 Å². The normalized spacial score (nSPS) is 11.8. The number of likely N-dealkylation sites (N-methyl/N-ethyl adjacent to an activating group) is 1. The van der Waals surface area contributed by atoms with E-state index in [1.54, 1.807) is 7.05 Å². The molecule has 0 heterocycles. The Bertz CT molecular complexity index is 599. The van der Waals surface area contributed by atoms with Crippen LogP contribution in [-0.2, 0) is 20.8 Å². The summed E-state index contributed by atoms with van der Waals surface area (Å²) in [6.45, 7) is 7.02. The first kappa shape index (κ1) is 19.7. The third-order valence-electron chi connectivity index (χ3n) is 3.72. The molecule has 1 rings (SSSR count). The van der Waals surface area contributed by atoms with Gasteiger partial charge in [0, 0.05) is 19.7 Å². The smallest absolute Gasteiger partial charge is 0.245 e. The lowest BCUT2D eigenvalue weighted by molar-refractivity contribution is -0.138. The van der Waals surface area contributed by atoms with Gasteiger partial charge in [-0.2, -0.15) is 0 Å². The van der Waals surface area contributed by atoms with Crippen molar-refractivity contribution in [2.24, 2.45) is 5.92 Å². The van der Waals surface area contributed by atoms with E-state index < -0.39 is 6.04 Å². The molecule has 0 saturated heterocycles. The second-order valence-electron chi connectivity index (χ2n) is 6.18. The quantitative estimate of drug-likeness (QED) is 0.799. The van der Waals surface area contributed by atoms with Gasteiger partial charge >= 0.3 is 0 Å². The molecule has 6 heteroatoms. The highest BCUT2D eigenvalue weighted by Crippen LogP contribution is 2.15. The highest BCUT2D eigenvalue weighted by atomic mass is 16.2. The molecule has 24 heavy (non-hydrogen) atoms. The molecule has 1 unspecified atom stereocenters. The summed E-state index contributed by atoms with van der Waals surface area (Å²) < 4.78 is 0. The summed E-state index contributed by atoms with van der Waals surface area (Å²) in [5.41, 5.74) is 1.80. The average Bonchev–Trinajstić information content (AvgIpc) is 2.51. The molecule has 0 aliphatic carbocycles. The Morgan fingerprint density at radius 1 is 1.17 bits per heavy atom. The summed E-state index contributed by atoms with van der Waals surface area (Å²) in [6.07, 6.45) is 0.809. The third kappa shape index (κ3) is 5.68. The topological polar surface area (TPSA) is 78.5 Å².